The number of nitrogens with zero attached hydrogens (tertiary/aromatic N) is 1. The van der Waals surface area contributed by atoms with Crippen molar-refractivity contribution in [2.45, 2.75) is 12.5 Å². The molecule has 1 unspecified atom stereocenters. The number of ketones is 1. The Morgan fingerprint density at radius 3 is 2.71 bits per heavy atom. The SMILES string of the molecule is O=NC1Cc2cc(F)cc(F)c2C1=O. The van der Waals surface area contributed by atoms with Gasteiger partial charge >= 0.3 is 0 Å². The highest BCUT2D eigenvalue weighted by atomic mass is 19.1. The standard InChI is InChI=1S/C9H5F2NO2/c10-5-1-4-2-7(12-14)9(13)8(4)6(11)3-5/h1,3,7H,2H2. The molecule has 5 heteroatoms. The summed E-state index contributed by atoms with van der Waals surface area (Å²) in [6, 6.07) is 0.590. The second-order valence-corrected chi connectivity index (χ2v) is 3.11. The molecule has 1 aliphatic rings. The first-order valence-corrected chi connectivity index (χ1v) is 3.98. The molecule has 0 N–H and O–H groups in total. The molecule has 72 valence electrons. The summed E-state index contributed by atoms with van der Waals surface area (Å²) in [5.74, 6) is -2.33. The van der Waals surface area contributed by atoms with Crippen molar-refractivity contribution < 1.29 is 13.6 Å². The van der Waals surface area contributed by atoms with E-state index in [1.54, 1.807) is 0 Å². The van der Waals surface area contributed by atoms with Gasteiger partial charge in [0.2, 0.25) is 0 Å². The number of halogens is 2. The number of carbonyl (C=O) groups is 1. The van der Waals surface area contributed by atoms with Crippen molar-refractivity contribution in [2.75, 3.05) is 0 Å². The molecule has 1 atom stereocenters. The van der Waals surface area contributed by atoms with Gasteiger partial charge in [-0.1, -0.05) is 5.18 Å². The summed E-state index contributed by atoms with van der Waals surface area (Å²) < 4.78 is 25.8. The van der Waals surface area contributed by atoms with E-state index in [9.17, 15) is 18.5 Å². The molecule has 0 radical (unpaired) electrons. The Labute approximate surface area is 77.7 Å². The van der Waals surface area contributed by atoms with E-state index in [1.165, 1.54) is 0 Å². The molecule has 14 heavy (non-hydrogen) atoms. The lowest BCUT2D eigenvalue weighted by Gasteiger charge is -1.98. The molecule has 1 aromatic rings. The molecule has 1 aliphatic carbocycles. The first kappa shape index (κ1) is 8.93. The number of rotatable bonds is 1. The van der Waals surface area contributed by atoms with Crippen molar-refractivity contribution in [2.24, 2.45) is 5.18 Å². The van der Waals surface area contributed by atoms with Crippen molar-refractivity contribution in [1.82, 2.24) is 0 Å². The third-order valence-corrected chi connectivity index (χ3v) is 2.23. The molecule has 0 amide bonds. The van der Waals surface area contributed by atoms with Crippen LogP contribution < -0.4 is 0 Å². The van der Waals surface area contributed by atoms with Crippen LogP contribution >= 0.6 is 0 Å². The summed E-state index contributed by atoms with van der Waals surface area (Å²) in [7, 11) is 0. The van der Waals surface area contributed by atoms with Crippen LogP contribution in [-0.4, -0.2) is 11.8 Å². The van der Waals surface area contributed by atoms with Gasteiger partial charge in [-0.3, -0.25) is 4.79 Å². The van der Waals surface area contributed by atoms with Gasteiger partial charge in [0, 0.05) is 12.5 Å². The molecule has 0 aliphatic heterocycles. The van der Waals surface area contributed by atoms with E-state index in [4.69, 9.17) is 0 Å². The second-order valence-electron chi connectivity index (χ2n) is 3.11. The van der Waals surface area contributed by atoms with E-state index in [0.717, 1.165) is 6.07 Å². The van der Waals surface area contributed by atoms with Crippen LogP contribution in [0.2, 0.25) is 0 Å². The van der Waals surface area contributed by atoms with Crippen LogP contribution in [0, 0.1) is 16.5 Å². The monoisotopic (exact) mass is 197 g/mol. The maximum Gasteiger partial charge on any atom is 0.194 e. The van der Waals surface area contributed by atoms with Crippen LogP contribution in [0.3, 0.4) is 0 Å². The Balaban J connectivity index is 2.59. The van der Waals surface area contributed by atoms with Crippen LogP contribution in [0.5, 0.6) is 0 Å². The number of hydrogen-bond acceptors (Lipinski definition) is 3. The van der Waals surface area contributed by atoms with Crippen LogP contribution in [0.1, 0.15) is 15.9 Å². The largest absolute Gasteiger partial charge is 0.291 e. The van der Waals surface area contributed by atoms with Crippen LogP contribution in [0.15, 0.2) is 17.3 Å². The summed E-state index contributed by atoms with van der Waals surface area (Å²) in [5.41, 5.74) is 0.0214. The maximum absolute atomic E-state index is 13.1. The Morgan fingerprint density at radius 1 is 1.36 bits per heavy atom. The molecule has 0 spiro atoms. The lowest BCUT2D eigenvalue weighted by molar-refractivity contribution is 0.0971. The summed E-state index contributed by atoms with van der Waals surface area (Å²) in [6.45, 7) is 0. The number of benzene rings is 1. The molecular weight excluding hydrogens is 192 g/mol. The van der Waals surface area contributed by atoms with E-state index < -0.39 is 23.5 Å². The van der Waals surface area contributed by atoms with Gasteiger partial charge in [0.25, 0.3) is 0 Å². The highest BCUT2D eigenvalue weighted by molar-refractivity contribution is 6.04. The zero-order valence-electron chi connectivity index (χ0n) is 6.96. The zero-order valence-corrected chi connectivity index (χ0v) is 6.96. The van der Waals surface area contributed by atoms with Crippen molar-refractivity contribution >= 4 is 5.78 Å². The van der Waals surface area contributed by atoms with Crippen LogP contribution in [0.4, 0.5) is 8.78 Å². The van der Waals surface area contributed by atoms with E-state index in [1.807, 2.05) is 0 Å². The third kappa shape index (κ3) is 1.13. The summed E-state index contributed by atoms with van der Waals surface area (Å²) in [4.78, 5) is 21.5. The average Bonchev–Trinajstić information content (AvgIpc) is 2.42. The fraction of sp³-hybridized carbons (Fsp3) is 0.222. The number of Topliss-reactive ketones (excluding diaryl/α,β-unsaturated/α-hetero) is 1. The fourth-order valence-electron chi connectivity index (χ4n) is 1.62. The lowest BCUT2D eigenvalue weighted by atomic mass is 10.1. The quantitative estimate of drug-likeness (QED) is 0.645. The minimum Gasteiger partial charge on any atom is -0.291 e. The van der Waals surface area contributed by atoms with Gasteiger partial charge < -0.3 is 0 Å². The van der Waals surface area contributed by atoms with Gasteiger partial charge in [0.05, 0.1) is 5.56 Å². The van der Waals surface area contributed by atoms with E-state index in [0.29, 0.717) is 6.07 Å². The first-order chi connectivity index (χ1) is 6.63. The van der Waals surface area contributed by atoms with Gasteiger partial charge in [0.1, 0.15) is 11.6 Å². The average molecular weight is 197 g/mol. The summed E-state index contributed by atoms with van der Waals surface area (Å²) in [6.07, 6.45) is -0.00759. The zero-order chi connectivity index (χ0) is 10.3. The fourth-order valence-corrected chi connectivity index (χ4v) is 1.62. The number of fused-ring (bicyclic) bond motifs is 1. The highest BCUT2D eigenvalue weighted by Gasteiger charge is 2.34. The molecular formula is C9H5F2NO2. The molecule has 0 bridgehead atoms. The van der Waals surface area contributed by atoms with Gasteiger partial charge in [-0.25, -0.2) is 8.78 Å². The normalized spacial score (nSPS) is 19.6. The predicted octanol–water partition coefficient (Wildman–Crippen LogP) is 1.84. The first-order valence-electron chi connectivity index (χ1n) is 3.98. The minimum absolute atomic E-state index is 0.00759. The maximum atomic E-state index is 13.1. The summed E-state index contributed by atoms with van der Waals surface area (Å²) >= 11 is 0. The molecule has 0 aromatic heterocycles. The van der Waals surface area contributed by atoms with Crippen molar-refractivity contribution in [1.29, 1.82) is 0 Å². The predicted molar refractivity (Wildman–Crippen MR) is 44.0 cm³/mol. The Bertz CT molecular complexity index is 431. The molecule has 0 saturated heterocycles. The Kier molecular flexibility index (Phi) is 1.87. The smallest absolute Gasteiger partial charge is 0.194 e. The Morgan fingerprint density at radius 2 is 2.07 bits per heavy atom. The molecule has 2 rings (SSSR count). The van der Waals surface area contributed by atoms with Crippen LogP contribution in [-0.2, 0) is 6.42 Å². The van der Waals surface area contributed by atoms with Gasteiger partial charge in [-0.2, -0.15) is 4.91 Å². The molecule has 0 fully saturated rings. The highest BCUT2D eigenvalue weighted by Crippen LogP contribution is 2.27. The second kappa shape index (κ2) is 2.94. The summed E-state index contributed by atoms with van der Waals surface area (Å²) in [5, 5.41) is 2.57. The van der Waals surface area contributed by atoms with Crippen molar-refractivity contribution in [3.8, 4) is 0 Å². The number of hydrogen-bond donors (Lipinski definition) is 0. The van der Waals surface area contributed by atoms with Gasteiger partial charge in [-0.05, 0) is 11.6 Å². The van der Waals surface area contributed by atoms with Crippen molar-refractivity contribution in [3.05, 3.63) is 39.8 Å². The molecule has 0 heterocycles. The lowest BCUT2D eigenvalue weighted by Crippen LogP contribution is -2.12. The Hall–Kier alpha value is -1.65. The van der Waals surface area contributed by atoms with Gasteiger partial charge in [0.15, 0.2) is 11.8 Å². The molecule has 1 aromatic carbocycles. The number of carbonyl (C=O) groups excluding carboxylic acids is 1. The van der Waals surface area contributed by atoms with Crippen molar-refractivity contribution in [3.63, 3.8) is 0 Å². The van der Waals surface area contributed by atoms with Crippen LogP contribution in [0.25, 0.3) is 0 Å². The van der Waals surface area contributed by atoms with Gasteiger partial charge in [-0.15, -0.1) is 0 Å². The molecule has 0 saturated carbocycles. The molecule has 3 nitrogen and oxygen atoms in total. The van der Waals surface area contributed by atoms with E-state index in [2.05, 4.69) is 5.18 Å². The number of nitroso groups, excluding NO2 is 1. The topological polar surface area (TPSA) is 46.5 Å². The van der Waals surface area contributed by atoms with E-state index >= 15 is 0 Å². The minimum atomic E-state index is -1.10. The van der Waals surface area contributed by atoms with E-state index in [-0.39, 0.29) is 17.5 Å². The third-order valence-electron chi connectivity index (χ3n) is 2.23.